The molecule has 0 saturated carbocycles. The van der Waals surface area contributed by atoms with Crippen LogP contribution in [0.1, 0.15) is 0 Å². The topological polar surface area (TPSA) is 94.0 Å². The summed E-state index contributed by atoms with van der Waals surface area (Å²) < 4.78 is 7.25. The molecule has 8 heteroatoms. The predicted octanol–water partition coefficient (Wildman–Crippen LogP) is 3.32. The Hall–Kier alpha value is -3.94. The van der Waals surface area contributed by atoms with Crippen molar-refractivity contribution >= 4 is 22.9 Å². The zero-order chi connectivity index (χ0) is 20.1. The second-order valence-corrected chi connectivity index (χ2v) is 6.25. The lowest BCUT2D eigenvalue weighted by Crippen LogP contribution is -2.31. The maximum absolute atomic E-state index is 12.3. The number of hydrogen-bond donors (Lipinski definition) is 2. The van der Waals surface area contributed by atoms with E-state index < -0.39 is 0 Å². The van der Waals surface area contributed by atoms with Crippen molar-refractivity contribution in [1.29, 1.82) is 0 Å². The van der Waals surface area contributed by atoms with E-state index in [9.17, 15) is 4.79 Å². The molecule has 4 aromatic rings. The van der Waals surface area contributed by atoms with E-state index in [-0.39, 0.29) is 6.03 Å². The molecule has 0 unspecified atom stereocenters. The van der Waals surface area contributed by atoms with Crippen LogP contribution < -0.4 is 15.4 Å². The van der Waals surface area contributed by atoms with Gasteiger partial charge in [0.05, 0.1) is 12.8 Å². The maximum Gasteiger partial charge on any atom is 0.319 e. The highest BCUT2D eigenvalue weighted by Crippen LogP contribution is 2.24. The van der Waals surface area contributed by atoms with Crippen molar-refractivity contribution in [1.82, 2.24) is 24.8 Å². The Bertz CT molecular complexity index is 1130. The Morgan fingerprint density at radius 2 is 1.90 bits per heavy atom. The number of nitrogens with one attached hydrogen (secondary N) is 2. The molecule has 0 saturated heterocycles. The van der Waals surface area contributed by atoms with Gasteiger partial charge in [0.1, 0.15) is 17.1 Å². The molecule has 0 fully saturated rings. The Labute approximate surface area is 167 Å². The van der Waals surface area contributed by atoms with Gasteiger partial charge in [-0.25, -0.2) is 14.8 Å². The third-order valence-electron chi connectivity index (χ3n) is 4.42. The van der Waals surface area contributed by atoms with Crippen molar-refractivity contribution in [3.63, 3.8) is 0 Å². The number of rotatable bonds is 6. The van der Waals surface area contributed by atoms with Crippen LogP contribution in [-0.4, -0.2) is 39.2 Å². The van der Waals surface area contributed by atoms with Crippen molar-refractivity contribution < 1.29 is 9.53 Å². The molecular weight excluding hydrogens is 368 g/mol. The minimum Gasteiger partial charge on any atom is -0.495 e. The van der Waals surface area contributed by atoms with Gasteiger partial charge in [0.15, 0.2) is 5.65 Å². The van der Waals surface area contributed by atoms with Gasteiger partial charge in [-0.05, 0) is 36.4 Å². The molecule has 0 aliphatic heterocycles. The number of anilines is 1. The van der Waals surface area contributed by atoms with Crippen LogP contribution in [0, 0.1) is 0 Å². The quantitative estimate of drug-likeness (QED) is 0.528. The van der Waals surface area contributed by atoms with Gasteiger partial charge in [0.25, 0.3) is 0 Å². The van der Waals surface area contributed by atoms with Crippen LogP contribution in [0.5, 0.6) is 5.75 Å². The number of para-hydroxylation sites is 2. The first-order valence-electron chi connectivity index (χ1n) is 9.16. The smallest absolute Gasteiger partial charge is 0.319 e. The highest BCUT2D eigenvalue weighted by atomic mass is 16.5. The van der Waals surface area contributed by atoms with Gasteiger partial charge < -0.3 is 19.9 Å². The Balaban J connectivity index is 1.49. The summed E-state index contributed by atoms with van der Waals surface area (Å²) in [5.41, 5.74) is 3.13. The van der Waals surface area contributed by atoms with Crippen molar-refractivity contribution in [2.45, 2.75) is 6.54 Å². The first-order valence-corrected chi connectivity index (χ1v) is 9.16. The fraction of sp³-hybridized carbons (Fsp3) is 0.143. The molecule has 2 N–H and O–H groups in total. The zero-order valence-corrected chi connectivity index (χ0v) is 15.9. The second kappa shape index (κ2) is 8.39. The average Bonchev–Trinajstić information content (AvgIpc) is 3.13. The molecule has 1 aromatic carbocycles. The third-order valence-corrected chi connectivity index (χ3v) is 4.42. The summed E-state index contributed by atoms with van der Waals surface area (Å²) in [7, 11) is 1.57. The molecule has 2 amide bonds. The summed E-state index contributed by atoms with van der Waals surface area (Å²) in [5, 5.41) is 5.67. The van der Waals surface area contributed by atoms with Gasteiger partial charge in [0, 0.05) is 37.2 Å². The van der Waals surface area contributed by atoms with Crippen molar-refractivity contribution in [3.8, 4) is 17.1 Å². The van der Waals surface area contributed by atoms with E-state index in [2.05, 4.69) is 20.6 Å². The minimum absolute atomic E-state index is 0.308. The van der Waals surface area contributed by atoms with Crippen LogP contribution in [0.4, 0.5) is 10.5 Å². The highest BCUT2D eigenvalue weighted by Gasteiger charge is 2.14. The lowest BCUT2D eigenvalue weighted by molar-refractivity contribution is 0.251. The number of methoxy groups -OCH3 is 1. The van der Waals surface area contributed by atoms with Crippen molar-refractivity contribution in [2.75, 3.05) is 19.0 Å². The van der Waals surface area contributed by atoms with Crippen LogP contribution in [-0.2, 0) is 6.54 Å². The Kier molecular flexibility index (Phi) is 5.33. The molecule has 0 bridgehead atoms. The molecule has 8 nitrogen and oxygen atoms in total. The molecule has 0 radical (unpaired) electrons. The third kappa shape index (κ3) is 4.01. The van der Waals surface area contributed by atoms with E-state index >= 15 is 0 Å². The fourth-order valence-corrected chi connectivity index (χ4v) is 3.09. The number of carbonyl (C=O) groups excluding carboxylic acids is 1. The standard InChI is InChI=1S/C21H20N6O2/c1-29-18-7-3-2-5-16(18)26-21(28)24-13-14-27-19(15-8-11-22-12-9-15)25-17-6-4-10-23-20(17)27/h2-12H,13-14H2,1H3,(H2,24,26,28). The maximum atomic E-state index is 12.3. The molecule has 4 rings (SSSR count). The highest BCUT2D eigenvalue weighted by molar-refractivity contribution is 5.90. The number of benzene rings is 1. The summed E-state index contributed by atoms with van der Waals surface area (Å²) in [6.07, 6.45) is 5.19. The molecule has 0 atom stereocenters. The number of aromatic nitrogens is 4. The average molecular weight is 388 g/mol. The summed E-state index contributed by atoms with van der Waals surface area (Å²) >= 11 is 0. The number of ether oxygens (including phenoxy) is 1. The molecule has 0 spiro atoms. The number of fused-ring (bicyclic) bond motifs is 1. The van der Waals surface area contributed by atoms with Crippen molar-refractivity contribution in [3.05, 3.63) is 67.1 Å². The predicted molar refractivity (Wildman–Crippen MR) is 111 cm³/mol. The molecule has 29 heavy (non-hydrogen) atoms. The van der Waals surface area contributed by atoms with Crippen molar-refractivity contribution in [2.24, 2.45) is 0 Å². The van der Waals surface area contributed by atoms with Crippen LogP contribution in [0.3, 0.4) is 0 Å². The van der Waals surface area contributed by atoms with E-state index in [1.807, 2.05) is 41.0 Å². The number of hydrogen-bond acceptors (Lipinski definition) is 5. The lowest BCUT2D eigenvalue weighted by atomic mass is 10.2. The zero-order valence-electron chi connectivity index (χ0n) is 15.9. The van der Waals surface area contributed by atoms with Gasteiger partial charge in [0.2, 0.25) is 0 Å². The summed E-state index contributed by atoms with van der Waals surface area (Å²) in [4.78, 5) is 25.5. The second-order valence-electron chi connectivity index (χ2n) is 6.25. The van der Waals surface area contributed by atoms with Gasteiger partial charge in [-0.1, -0.05) is 12.1 Å². The molecule has 146 valence electrons. The lowest BCUT2D eigenvalue weighted by Gasteiger charge is -2.12. The van der Waals surface area contributed by atoms with Gasteiger partial charge in [-0.3, -0.25) is 4.98 Å². The van der Waals surface area contributed by atoms with Gasteiger partial charge >= 0.3 is 6.03 Å². The van der Waals surface area contributed by atoms with Crippen LogP contribution in [0.2, 0.25) is 0 Å². The normalized spacial score (nSPS) is 10.7. The molecular formula is C21H20N6O2. The Morgan fingerprint density at radius 1 is 1.07 bits per heavy atom. The van der Waals surface area contributed by atoms with E-state index in [1.54, 1.807) is 37.8 Å². The molecule has 3 aromatic heterocycles. The number of urea groups is 1. The summed E-state index contributed by atoms with van der Waals surface area (Å²) in [6, 6.07) is 14.5. The number of amides is 2. The first kappa shape index (κ1) is 18.4. The number of nitrogens with zero attached hydrogens (tertiary/aromatic N) is 4. The number of carbonyl (C=O) groups is 1. The molecule has 0 aliphatic carbocycles. The largest absolute Gasteiger partial charge is 0.495 e. The van der Waals surface area contributed by atoms with E-state index in [0.29, 0.717) is 24.5 Å². The summed E-state index contributed by atoms with van der Waals surface area (Å²) in [6.45, 7) is 0.922. The van der Waals surface area contributed by atoms with Crippen LogP contribution in [0.25, 0.3) is 22.6 Å². The molecule has 3 heterocycles. The number of imidazole rings is 1. The van der Waals surface area contributed by atoms with E-state index in [0.717, 1.165) is 22.6 Å². The molecule has 0 aliphatic rings. The number of pyridine rings is 2. The Morgan fingerprint density at radius 3 is 2.72 bits per heavy atom. The first-order chi connectivity index (χ1) is 14.3. The van der Waals surface area contributed by atoms with Gasteiger partial charge in [-0.15, -0.1) is 0 Å². The minimum atomic E-state index is -0.308. The van der Waals surface area contributed by atoms with Gasteiger partial charge in [-0.2, -0.15) is 0 Å². The SMILES string of the molecule is COc1ccccc1NC(=O)NCCn1c(-c2ccncc2)nc2cccnc21. The van der Waals surface area contributed by atoms with Crippen LogP contribution in [0.15, 0.2) is 67.1 Å². The van der Waals surface area contributed by atoms with E-state index in [4.69, 9.17) is 9.72 Å². The summed E-state index contributed by atoms with van der Waals surface area (Å²) in [5.74, 6) is 1.39. The monoisotopic (exact) mass is 388 g/mol. The van der Waals surface area contributed by atoms with E-state index in [1.165, 1.54) is 0 Å². The fourth-order valence-electron chi connectivity index (χ4n) is 3.09. The van der Waals surface area contributed by atoms with Crippen LogP contribution >= 0.6 is 0 Å².